The highest BCUT2D eigenvalue weighted by Gasteiger charge is 2.25. The molecule has 0 aliphatic rings. The van der Waals surface area contributed by atoms with Crippen LogP contribution in [0.5, 0.6) is 0 Å². The largest absolute Gasteiger partial charge is 0.203 e. The van der Waals surface area contributed by atoms with Gasteiger partial charge in [0.1, 0.15) is 0 Å². The topological polar surface area (TPSA) is 0 Å². The number of rotatable bonds is 5. The molecule has 0 nitrogen and oxygen atoms in total. The molecule has 0 amide bonds. The molecule has 3 aromatic rings. The molecule has 3 rings (SSSR count). The Bertz CT molecular complexity index is 886. The Balaban J connectivity index is 1.79. The Hall–Kier alpha value is -1.03. The van der Waals surface area contributed by atoms with Crippen LogP contribution in [-0.4, -0.2) is 6.26 Å². The summed E-state index contributed by atoms with van der Waals surface area (Å²) in [5, 5.41) is 0. The minimum absolute atomic E-state index is 0.341. The van der Waals surface area contributed by atoms with E-state index < -0.39 is 34.6 Å². The number of hydrogen-bond donors (Lipinski definition) is 0. The third kappa shape index (κ3) is 3.74. The van der Waals surface area contributed by atoms with Gasteiger partial charge in [0.2, 0.25) is 5.82 Å². The summed E-state index contributed by atoms with van der Waals surface area (Å²) in [6.07, 6.45) is 1.98. The van der Waals surface area contributed by atoms with Gasteiger partial charge < -0.3 is 0 Å². The van der Waals surface area contributed by atoms with Crippen molar-refractivity contribution in [3.05, 3.63) is 58.9 Å². The summed E-state index contributed by atoms with van der Waals surface area (Å²) in [6, 6.07) is 7.64. The molecule has 0 unspecified atom stereocenters. The summed E-state index contributed by atoms with van der Waals surface area (Å²) in [5.74, 6) is -9.85. The molecule has 0 aliphatic heterocycles. The van der Waals surface area contributed by atoms with E-state index >= 15 is 0 Å². The van der Waals surface area contributed by atoms with E-state index in [1.807, 2.05) is 24.5 Å². The Morgan fingerprint density at radius 1 is 0.720 bits per heavy atom. The Morgan fingerprint density at radius 3 is 1.72 bits per heavy atom. The van der Waals surface area contributed by atoms with E-state index in [1.165, 1.54) is 15.5 Å². The molecule has 0 atom stereocenters. The van der Waals surface area contributed by atoms with Gasteiger partial charge in [-0.2, -0.15) is 0 Å². The van der Waals surface area contributed by atoms with Crippen molar-refractivity contribution < 1.29 is 22.0 Å². The van der Waals surface area contributed by atoms with E-state index in [1.54, 1.807) is 29.2 Å². The van der Waals surface area contributed by atoms with Crippen molar-refractivity contribution in [3.8, 4) is 9.75 Å². The minimum atomic E-state index is -2.13. The molecule has 0 saturated carbocycles. The fraction of sp³-hybridized carbons (Fsp3) is 0.125. The molecule has 25 heavy (non-hydrogen) atoms. The van der Waals surface area contributed by atoms with Gasteiger partial charge in [-0.05, 0) is 30.5 Å². The molecule has 0 aliphatic carbocycles. The van der Waals surface area contributed by atoms with Gasteiger partial charge in [-0.3, -0.25) is 0 Å². The van der Waals surface area contributed by atoms with E-state index in [0.717, 1.165) is 25.7 Å². The Kier molecular flexibility index (Phi) is 5.77. The zero-order valence-electron chi connectivity index (χ0n) is 12.5. The quantitative estimate of drug-likeness (QED) is 0.184. The fourth-order valence-electron chi connectivity index (χ4n) is 2.01. The number of benzene rings is 1. The maximum Gasteiger partial charge on any atom is 0.200 e. The normalized spacial score (nSPS) is 11.3. The molecule has 132 valence electrons. The molecule has 0 spiro atoms. The second kappa shape index (κ2) is 7.69. The summed E-state index contributed by atoms with van der Waals surface area (Å²) in [4.78, 5) is 2.06. The molecule has 9 heteroatoms. The second-order valence-corrected chi connectivity index (χ2v) is 9.33. The lowest BCUT2D eigenvalue weighted by atomic mass is 10.2. The lowest BCUT2D eigenvalue weighted by Crippen LogP contribution is -2.06. The first-order valence-corrected chi connectivity index (χ1v) is 10.6. The van der Waals surface area contributed by atoms with Gasteiger partial charge in [0, 0.05) is 21.1 Å². The van der Waals surface area contributed by atoms with Gasteiger partial charge in [-0.25, -0.2) is 22.0 Å². The van der Waals surface area contributed by atoms with Crippen LogP contribution in [0.1, 0.15) is 5.56 Å². The van der Waals surface area contributed by atoms with Crippen molar-refractivity contribution >= 4 is 46.2 Å². The second-order valence-electron chi connectivity index (χ2n) is 4.78. The zero-order valence-corrected chi connectivity index (χ0v) is 15.8. The van der Waals surface area contributed by atoms with Gasteiger partial charge in [-0.1, -0.05) is 0 Å². The van der Waals surface area contributed by atoms with Crippen molar-refractivity contribution in [1.82, 2.24) is 0 Å². The van der Waals surface area contributed by atoms with Crippen LogP contribution in [0.15, 0.2) is 32.7 Å². The standard InChI is InChI=1S/C16H9F5S4/c1-22-10-4-2-8(24-10)9-3-5-11(25-9)23-6-7-12(17)14(19)16(21)15(20)13(7)18/h2-5H,6H2,1H3. The van der Waals surface area contributed by atoms with E-state index in [9.17, 15) is 22.0 Å². The predicted molar refractivity (Wildman–Crippen MR) is 95.2 cm³/mol. The van der Waals surface area contributed by atoms with E-state index in [0.29, 0.717) is 0 Å². The average molecular weight is 425 g/mol. The summed E-state index contributed by atoms with van der Waals surface area (Å²) in [7, 11) is 0. The molecule has 0 bridgehead atoms. The third-order valence-corrected chi connectivity index (χ3v) is 7.97. The van der Waals surface area contributed by atoms with Crippen LogP contribution in [0.2, 0.25) is 0 Å². The lowest BCUT2D eigenvalue weighted by Gasteiger charge is -2.07. The molecular weight excluding hydrogens is 415 g/mol. The Labute approximate surface area is 157 Å². The van der Waals surface area contributed by atoms with Crippen molar-refractivity contribution in [2.24, 2.45) is 0 Å². The summed E-state index contributed by atoms with van der Waals surface area (Å²) in [5.41, 5.74) is -0.808. The van der Waals surface area contributed by atoms with Crippen molar-refractivity contribution in [1.29, 1.82) is 0 Å². The molecule has 0 fully saturated rings. The molecule has 1 aromatic carbocycles. The van der Waals surface area contributed by atoms with Crippen LogP contribution in [0.25, 0.3) is 9.75 Å². The van der Waals surface area contributed by atoms with Crippen molar-refractivity contribution in [2.75, 3.05) is 6.26 Å². The molecule has 0 radical (unpaired) electrons. The van der Waals surface area contributed by atoms with Crippen molar-refractivity contribution in [3.63, 3.8) is 0 Å². The monoisotopic (exact) mass is 424 g/mol. The zero-order chi connectivity index (χ0) is 18.1. The fourth-order valence-corrected chi connectivity index (χ4v) is 5.77. The summed E-state index contributed by atoms with van der Waals surface area (Å²) in [6.45, 7) is 0. The predicted octanol–water partition coefficient (Wildman–Crippen LogP) is 7.19. The van der Waals surface area contributed by atoms with E-state index in [-0.39, 0.29) is 5.75 Å². The van der Waals surface area contributed by atoms with Gasteiger partial charge >= 0.3 is 0 Å². The van der Waals surface area contributed by atoms with Gasteiger partial charge in [0.25, 0.3) is 0 Å². The van der Waals surface area contributed by atoms with Crippen LogP contribution in [-0.2, 0) is 5.75 Å². The molecule has 0 N–H and O–H groups in total. The molecule has 2 aromatic heterocycles. The number of thioether (sulfide) groups is 2. The Morgan fingerprint density at radius 2 is 1.20 bits per heavy atom. The van der Waals surface area contributed by atoms with Gasteiger partial charge in [-0.15, -0.1) is 46.2 Å². The smallest absolute Gasteiger partial charge is 0.200 e. The summed E-state index contributed by atoms with van der Waals surface area (Å²) < 4.78 is 68.8. The maximum atomic E-state index is 13.7. The first kappa shape index (κ1) is 18.8. The van der Waals surface area contributed by atoms with Crippen LogP contribution >= 0.6 is 46.2 Å². The number of halogens is 5. The maximum absolute atomic E-state index is 13.7. The molecular formula is C16H9F5S4. The van der Waals surface area contributed by atoms with Crippen LogP contribution in [0, 0.1) is 29.1 Å². The SMILES string of the molecule is CSc1ccc(-c2ccc(SCc3c(F)c(F)c(F)c(F)c3F)s2)s1. The molecule has 2 heterocycles. The van der Waals surface area contributed by atoms with Crippen LogP contribution in [0.4, 0.5) is 22.0 Å². The number of thiophene rings is 2. The lowest BCUT2D eigenvalue weighted by molar-refractivity contribution is 0.372. The van der Waals surface area contributed by atoms with Crippen LogP contribution in [0.3, 0.4) is 0 Å². The molecule has 0 saturated heterocycles. The highest BCUT2D eigenvalue weighted by atomic mass is 32.2. The number of hydrogen-bond acceptors (Lipinski definition) is 4. The van der Waals surface area contributed by atoms with Gasteiger partial charge in [0.05, 0.1) is 8.42 Å². The third-order valence-electron chi connectivity index (χ3n) is 3.27. The highest BCUT2D eigenvalue weighted by molar-refractivity contribution is 8.00. The van der Waals surface area contributed by atoms with Crippen molar-refractivity contribution in [2.45, 2.75) is 14.2 Å². The highest BCUT2D eigenvalue weighted by Crippen LogP contribution is 2.40. The first-order valence-electron chi connectivity index (χ1n) is 6.79. The summed E-state index contributed by atoms with van der Waals surface area (Å²) >= 11 is 5.71. The average Bonchev–Trinajstić information content (AvgIpc) is 3.27. The van der Waals surface area contributed by atoms with E-state index in [2.05, 4.69) is 0 Å². The minimum Gasteiger partial charge on any atom is -0.203 e. The van der Waals surface area contributed by atoms with E-state index in [4.69, 9.17) is 0 Å². The van der Waals surface area contributed by atoms with Crippen LogP contribution < -0.4 is 0 Å². The van der Waals surface area contributed by atoms with Gasteiger partial charge in [0.15, 0.2) is 23.3 Å². The first-order chi connectivity index (χ1) is 11.9.